The van der Waals surface area contributed by atoms with Gasteiger partial charge in [-0.2, -0.15) is 13.2 Å². The predicted molar refractivity (Wildman–Crippen MR) is 124 cm³/mol. The Labute approximate surface area is 186 Å². The van der Waals surface area contributed by atoms with Crippen molar-refractivity contribution >= 4 is 12.2 Å². The van der Waals surface area contributed by atoms with E-state index in [0.29, 0.717) is 5.56 Å². The monoisotopic (exact) mass is 438 g/mol. The van der Waals surface area contributed by atoms with E-state index in [-0.39, 0.29) is 11.1 Å². The Morgan fingerprint density at radius 1 is 0.844 bits per heavy atom. The highest BCUT2D eigenvalue weighted by Gasteiger charge is 2.40. The van der Waals surface area contributed by atoms with Gasteiger partial charge in [0.25, 0.3) is 0 Å². The van der Waals surface area contributed by atoms with Crippen molar-refractivity contribution in [2.75, 3.05) is 0 Å². The SMILES string of the molecule is C/C=C/CCc1ccc(C=Cc2ccc(C[C@H](c3ccccc3)C(F)(F)F)c(F)c2)cc1. The lowest BCUT2D eigenvalue weighted by Crippen LogP contribution is -2.23. The third kappa shape index (κ3) is 6.68. The molecule has 3 aromatic carbocycles. The molecular formula is C28H26F4. The van der Waals surface area contributed by atoms with Gasteiger partial charge < -0.3 is 0 Å². The minimum absolute atomic E-state index is 0.0545. The fourth-order valence-corrected chi connectivity index (χ4v) is 3.57. The van der Waals surface area contributed by atoms with E-state index in [4.69, 9.17) is 0 Å². The molecule has 0 aliphatic heterocycles. The molecule has 0 saturated heterocycles. The van der Waals surface area contributed by atoms with Crippen LogP contribution in [0.2, 0.25) is 0 Å². The smallest absolute Gasteiger partial charge is 0.207 e. The van der Waals surface area contributed by atoms with E-state index in [0.717, 1.165) is 18.4 Å². The molecule has 0 aromatic heterocycles. The summed E-state index contributed by atoms with van der Waals surface area (Å²) < 4.78 is 55.4. The molecule has 3 aromatic rings. The standard InChI is InChI=1S/C28H26F4/c1-2-3-5-8-21-11-13-22(14-12-21)15-16-23-17-18-25(27(29)19-23)20-26(28(30,31)32)24-9-6-4-7-10-24/h2-4,6-7,9-19,26H,5,8,20H2,1H3/b3-2+,16-15?/t26-/m1/s1. The first-order valence-electron chi connectivity index (χ1n) is 10.6. The number of allylic oxidation sites excluding steroid dienone is 2. The van der Waals surface area contributed by atoms with Crippen molar-refractivity contribution < 1.29 is 17.6 Å². The van der Waals surface area contributed by atoms with Gasteiger partial charge in [-0.05, 0) is 60.1 Å². The molecule has 0 saturated carbocycles. The number of rotatable bonds is 8. The Hall–Kier alpha value is -3.14. The molecule has 0 spiro atoms. The lowest BCUT2D eigenvalue weighted by Gasteiger charge is -2.21. The summed E-state index contributed by atoms with van der Waals surface area (Å²) in [6, 6.07) is 20.2. The number of aryl methyl sites for hydroxylation is 1. The minimum atomic E-state index is -4.45. The van der Waals surface area contributed by atoms with Gasteiger partial charge in [0, 0.05) is 0 Å². The first-order valence-corrected chi connectivity index (χ1v) is 10.6. The Balaban J connectivity index is 1.70. The molecule has 32 heavy (non-hydrogen) atoms. The topological polar surface area (TPSA) is 0 Å². The molecule has 0 bridgehead atoms. The Kier molecular flexibility index (Phi) is 8.04. The first kappa shape index (κ1) is 23.5. The molecule has 0 aliphatic carbocycles. The molecule has 0 N–H and O–H groups in total. The summed E-state index contributed by atoms with van der Waals surface area (Å²) >= 11 is 0. The summed E-state index contributed by atoms with van der Waals surface area (Å²) in [7, 11) is 0. The number of benzene rings is 3. The molecule has 0 amide bonds. The van der Waals surface area contributed by atoms with E-state index < -0.39 is 24.3 Å². The van der Waals surface area contributed by atoms with Gasteiger partial charge in [-0.3, -0.25) is 0 Å². The van der Waals surface area contributed by atoms with Crippen LogP contribution in [0, 0.1) is 5.82 Å². The maximum Gasteiger partial charge on any atom is 0.396 e. The average Bonchev–Trinajstić information content (AvgIpc) is 2.78. The van der Waals surface area contributed by atoms with Crippen LogP contribution in [0.25, 0.3) is 12.2 Å². The molecule has 1 atom stereocenters. The van der Waals surface area contributed by atoms with Gasteiger partial charge in [-0.15, -0.1) is 0 Å². The van der Waals surface area contributed by atoms with Crippen molar-refractivity contribution in [1.82, 2.24) is 0 Å². The van der Waals surface area contributed by atoms with Crippen molar-refractivity contribution in [3.05, 3.63) is 119 Å². The lowest BCUT2D eigenvalue weighted by atomic mass is 9.91. The van der Waals surface area contributed by atoms with Crippen LogP contribution in [0.4, 0.5) is 17.6 Å². The Morgan fingerprint density at radius 3 is 2.12 bits per heavy atom. The second-order valence-electron chi connectivity index (χ2n) is 7.74. The Bertz CT molecular complexity index is 1050. The third-order valence-corrected chi connectivity index (χ3v) is 5.38. The molecule has 166 valence electrons. The zero-order valence-electron chi connectivity index (χ0n) is 17.9. The molecular weight excluding hydrogens is 412 g/mol. The zero-order valence-corrected chi connectivity index (χ0v) is 17.9. The van der Waals surface area contributed by atoms with E-state index in [9.17, 15) is 17.6 Å². The molecule has 0 heterocycles. The summed E-state index contributed by atoms with van der Waals surface area (Å²) in [4.78, 5) is 0. The van der Waals surface area contributed by atoms with Gasteiger partial charge in [0.15, 0.2) is 0 Å². The van der Waals surface area contributed by atoms with Crippen LogP contribution >= 0.6 is 0 Å². The number of hydrogen-bond donors (Lipinski definition) is 0. The van der Waals surface area contributed by atoms with E-state index in [1.807, 2.05) is 31.2 Å². The predicted octanol–water partition coefficient (Wildman–Crippen LogP) is 8.39. The van der Waals surface area contributed by atoms with Gasteiger partial charge in [-0.25, -0.2) is 4.39 Å². The fraction of sp³-hybridized carbons (Fsp3) is 0.214. The summed E-state index contributed by atoms with van der Waals surface area (Å²) in [5, 5.41) is 0. The molecule has 0 unspecified atom stereocenters. The van der Waals surface area contributed by atoms with Gasteiger partial charge in [0.05, 0.1) is 5.92 Å². The number of hydrogen-bond acceptors (Lipinski definition) is 0. The largest absolute Gasteiger partial charge is 0.396 e. The highest BCUT2D eigenvalue weighted by Crippen LogP contribution is 2.37. The maximum atomic E-state index is 14.6. The van der Waals surface area contributed by atoms with E-state index >= 15 is 0 Å². The molecule has 4 heteroatoms. The van der Waals surface area contributed by atoms with Crippen LogP contribution in [-0.2, 0) is 12.8 Å². The van der Waals surface area contributed by atoms with Gasteiger partial charge >= 0.3 is 6.18 Å². The average molecular weight is 439 g/mol. The summed E-state index contributed by atoms with van der Waals surface area (Å²) in [6.45, 7) is 2.00. The van der Waals surface area contributed by atoms with Gasteiger partial charge in [0.1, 0.15) is 5.82 Å². The van der Waals surface area contributed by atoms with Crippen LogP contribution < -0.4 is 0 Å². The second-order valence-corrected chi connectivity index (χ2v) is 7.74. The van der Waals surface area contributed by atoms with Crippen molar-refractivity contribution in [1.29, 1.82) is 0 Å². The van der Waals surface area contributed by atoms with Crippen LogP contribution in [0.3, 0.4) is 0 Å². The van der Waals surface area contributed by atoms with Gasteiger partial charge in [0.2, 0.25) is 0 Å². The van der Waals surface area contributed by atoms with E-state index in [1.54, 1.807) is 30.3 Å². The van der Waals surface area contributed by atoms with Crippen LogP contribution in [0.5, 0.6) is 0 Å². The highest BCUT2D eigenvalue weighted by atomic mass is 19.4. The quantitative estimate of drug-likeness (QED) is 0.188. The van der Waals surface area contributed by atoms with Crippen LogP contribution in [0.1, 0.15) is 47.1 Å². The fourth-order valence-electron chi connectivity index (χ4n) is 3.57. The van der Waals surface area contributed by atoms with Crippen molar-refractivity contribution in [3.8, 4) is 0 Å². The van der Waals surface area contributed by atoms with Crippen molar-refractivity contribution in [2.45, 2.75) is 38.3 Å². The molecule has 0 fully saturated rings. The minimum Gasteiger partial charge on any atom is -0.207 e. The second kappa shape index (κ2) is 10.9. The van der Waals surface area contributed by atoms with Crippen molar-refractivity contribution in [3.63, 3.8) is 0 Å². The number of halogens is 4. The summed E-state index contributed by atoms with van der Waals surface area (Å²) in [5.74, 6) is -2.37. The maximum absolute atomic E-state index is 14.6. The first-order chi connectivity index (χ1) is 15.4. The van der Waals surface area contributed by atoms with E-state index in [1.165, 1.54) is 29.8 Å². The zero-order chi connectivity index (χ0) is 23.0. The third-order valence-electron chi connectivity index (χ3n) is 5.38. The lowest BCUT2D eigenvalue weighted by molar-refractivity contribution is -0.150. The molecule has 0 radical (unpaired) electrons. The highest BCUT2D eigenvalue weighted by molar-refractivity contribution is 5.69. The van der Waals surface area contributed by atoms with Gasteiger partial charge in [-0.1, -0.05) is 91.0 Å². The van der Waals surface area contributed by atoms with Crippen LogP contribution in [-0.4, -0.2) is 6.18 Å². The Morgan fingerprint density at radius 2 is 1.50 bits per heavy atom. The summed E-state index contributed by atoms with van der Waals surface area (Å²) in [5.41, 5.74) is 3.02. The molecule has 0 nitrogen and oxygen atoms in total. The number of alkyl halides is 3. The summed E-state index contributed by atoms with van der Waals surface area (Å²) in [6.07, 6.45) is 4.88. The molecule has 3 rings (SSSR count). The van der Waals surface area contributed by atoms with Crippen LogP contribution in [0.15, 0.2) is 84.9 Å². The van der Waals surface area contributed by atoms with Crippen molar-refractivity contribution in [2.24, 2.45) is 0 Å². The molecule has 0 aliphatic rings. The van der Waals surface area contributed by atoms with E-state index in [2.05, 4.69) is 18.2 Å². The normalized spacial score (nSPS) is 13.2.